The van der Waals surface area contributed by atoms with Crippen LogP contribution in [0.15, 0.2) is 48.9 Å². The van der Waals surface area contributed by atoms with E-state index in [0.717, 1.165) is 66.1 Å². The van der Waals surface area contributed by atoms with E-state index >= 15 is 0 Å². The molecule has 0 spiro atoms. The summed E-state index contributed by atoms with van der Waals surface area (Å²) in [7, 11) is 2.13. The van der Waals surface area contributed by atoms with Crippen LogP contribution in [-0.2, 0) is 0 Å². The summed E-state index contributed by atoms with van der Waals surface area (Å²) in [5.41, 5.74) is 4.30. The Bertz CT molecular complexity index is 1300. The number of aryl methyl sites for hydroxylation is 1. The van der Waals surface area contributed by atoms with Gasteiger partial charge < -0.3 is 9.80 Å². The molecule has 9 nitrogen and oxygen atoms in total. The fourth-order valence-electron chi connectivity index (χ4n) is 4.07. The number of pyridine rings is 1. The number of nitrogens with zero attached hydrogens (tertiary/aromatic N) is 6. The summed E-state index contributed by atoms with van der Waals surface area (Å²) in [4.78, 5) is 30.9. The molecule has 9 heteroatoms. The molecule has 0 radical (unpaired) electrons. The zero-order valence-corrected chi connectivity index (χ0v) is 18.7. The van der Waals surface area contributed by atoms with Crippen molar-refractivity contribution >= 4 is 28.6 Å². The topological polar surface area (TPSA) is 103 Å². The summed E-state index contributed by atoms with van der Waals surface area (Å²) in [6.07, 6.45) is 6.26. The molecule has 4 aromatic rings. The van der Waals surface area contributed by atoms with Crippen LogP contribution >= 0.6 is 0 Å². The molecule has 1 aliphatic rings. The lowest BCUT2D eigenvalue weighted by Gasteiger charge is -2.21. The first kappa shape index (κ1) is 21.0. The number of carbonyl (C=O) groups excluding carboxylic acids is 1. The zero-order chi connectivity index (χ0) is 22.8. The maximum atomic E-state index is 12.9. The first-order valence-corrected chi connectivity index (χ1v) is 11.0. The molecule has 0 saturated carbocycles. The van der Waals surface area contributed by atoms with Gasteiger partial charge in [0.2, 0.25) is 5.95 Å². The Kier molecular flexibility index (Phi) is 5.70. The summed E-state index contributed by atoms with van der Waals surface area (Å²) >= 11 is 0. The van der Waals surface area contributed by atoms with Crippen LogP contribution < -0.4 is 10.2 Å². The van der Waals surface area contributed by atoms with Crippen molar-refractivity contribution in [3.63, 3.8) is 0 Å². The first-order valence-electron chi connectivity index (χ1n) is 11.0. The minimum Gasteiger partial charge on any atom is -0.355 e. The van der Waals surface area contributed by atoms with Crippen molar-refractivity contribution in [2.24, 2.45) is 0 Å². The maximum Gasteiger partial charge on any atom is 0.258 e. The van der Waals surface area contributed by atoms with Gasteiger partial charge in [0.15, 0.2) is 0 Å². The summed E-state index contributed by atoms with van der Waals surface area (Å²) in [6.45, 7) is 5.84. The van der Waals surface area contributed by atoms with Crippen molar-refractivity contribution in [2.75, 3.05) is 43.4 Å². The Labute approximate surface area is 191 Å². The van der Waals surface area contributed by atoms with Gasteiger partial charge in [-0.2, -0.15) is 5.10 Å². The second kappa shape index (κ2) is 8.95. The van der Waals surface area contributed by atoms with E-state index in [1.54, 1.807) is 24.7 Å². The summed E-state index contributed by atoms with van der Waals surface area (Å²) in [5, 5.41) is 10.8. The third-order valence-corrected chi connectivity index (χ3v) is 6.00. The highest BCUT2D eigenvalue weighted by Gasteiger charge is 2.16. The number of nitrogens with one attached hydrogen (secondary N) is 2. The molecular formula is C24H26N8O. The molecule has 0 atom stereocenters. The molecule has 2 N–H and O–H groups in total. The first-order chi connectivity index (χ1) is 16.1. The molecule has 4 heterocycles. The van der Waals surface area contributed by atoms with Crippen LogP contribution in [0.5, 0.6) is 0 Å². The number of hydrogen-bond donors (Lipinski definition) is 2. The molecular weight excluding hydrogens is 416 g/mol. The average molecular weight is 443 g/mol. The number of H-pyrrole nitrogens is 1. The monoisotopic (exact) mass is 442 g/mol. The molecule has 5 rings (SSSR count). The van der Waals surface area contributed by atoms with Gasteiger partial charge in [-0.25, -0.2) is 15.0 Å². The second-order valence-corrected chi connectivity index (χ2v) is 8.38. The van der Waals surface area contributed by atoms with Crippen molar-refractivity contribution in [1.82, 2.24) is 30.0 Å². The van der Waals surface area contributed by atoms with Gasteiger partial charge in [-0.15, -0.1) is 0 Å². The number of carbonyl (C=O) groups is 1. The van der Waals surface area contributed by atoms with E-state index in [1.807, 2.05) is 31.2 Å². The van der Waals surface area contributed by atoms with E-state index in [4.69, 9.17) is 0 Å². The predicted molar refractivity (Wildman–Crippen MR) is 128 cm³/mol. The highest BCUT2D eigenvalue weighted by molar-refractivity contribution is 6.04. The van der Waals surface area contributed by atoms with Crippen LogP contribution in [0.2, 0.25) is 0 Å². The van der Waals surface area contributed by atoms with E-state index in [0.29, 0.717) is 5.56 Å². The summed E-state index contributed by atoms with van der Waals surface area (Å²) < 4.78 is 0. The quantitative estimate of drug-likeness (QED) is 0.501. The molecule has 1 saturated heterocycles. The molecule has 0 bridgehead atoms. The van der Waals surface area contributed by atoms with E-state index in [9.17, 15) is 4.79 Å². The minimum absolute atomic E-state index is 0.258. The molecule has 1 fully saturated rings. The van der Waals surface area contributed by atoms with Crippen molar-refractivity contribution in [2.45, 2.75) is 13.3 Å². The van der Waals surface area contributed by atoms with E-state index in [-0.39, 0.29) is 11.9 Å². The van der Waals surface area contributed by atoms with Gasteiger partial charge >= 0.3 is 0 Å². The average Bonchev–Trinajstić information content (AvgIpc) is 3.14. The Morgan fingerprint density at radius 2 is 1.97 bits per heavy atom. The Balaban J connectivity index is 1.36. The van der Waals surface area contributed by atoms with Gasteiger partial charge in [0.25, 0.3) is 5.91 Å². The number of anilines is 2. The maximum absolute atomic E-state index is 12.9. The highest BCUT2D eigenvalue weighted by atomic mass is 16.1. The fourth-order valence-corrected chi connectivity index (χ4v) is 4.07. The Hall–Kier alpha value is -3.85. The second-order valence-electron chi connectivity index (χ2n) is 8.38. The molecule has 168 valence electrons. The molecule has 3 aromatic heterocycles. The van der Waals surface area contributed by atoms with Crippen LogP contribution in [-0.4, -0.2) is 69.2 Å². The van der Waals surface area contributed by atoms with Gasteiger partial charge in [0, 0.05) is 54.2 Å². The lowest BCUT2D eigenvalue weighted by molar-refractivity contribution is 0.102. The molecule has 1 aromatic carbocycles. The van der Waals surface area contributed by atoms with Crippen LogP contribution in [0.25, 0.3) is 22.0 Å². The Morgan fingerprint density at radius 3 is 2.82 bits per heavy atom. The number of aromatic nitrogens is 5. The number of benzene rings is 1. The SMILES string of the molecule is Cc1[nH]ncc1-c1ccc2cnc(NC(=O)c3ccnc(N4CCCN(C)CC4)c3)nc2c1. The van der Waals surface area contributed by atoms with Gasteiger partial charge in [-0.3, -0.25) is 15.2 Å². The number of aromatic amines is 1. The lowest BCUT2D eigenvalue weighted by Crippen LogP contribution is -2.29. The zero-order valence-electron chi connectivity index (χ0n) is 18.7. The summed E-state index contributed by atoms with van der Waals surface area (Å²) in [5.74, 6) is 0.826. The van der Waals surface area contributed by atoms with Crippen LogP contribution in [0.3, 0.4) is 0 Å². The smallest absolute Gasteiger partial charge is 0.258 e. The van der Waals surface area contributed by atoms with E-state index < -0.39 is 0 Å². The lowest BCUT2D eigenvalue weighted by atomic mass is 10.1. The van der Waals surface area contributed by atoms with Crippen LogP contribution in [0.4, 0.5) is 11.8 Å². The number of amides is 1. The van der Waals surface area contributed by atoms with Crippen molar-refractivity contribution in [1.29, 1.82) is 0 Å². The Morgan fingerprint density at radius 1 is 1.06 bits per heavy atom. The van der Waals surface area contributed by atoms with Gasteiger partial charge in [0.1, 0.15) is 5.82 Å². The molecule has 0 aliphatic carbocycles. The van der Waals surface area contributed by atoms with Crippen LogP contribution in [0, 0.1) is 6.92 Å². The largest absolute Gasteiger partial charge is 0.355 e. The van der Waals surface area contributed by atoms with Gasteiger partial charge in [0.05, 0.1) is 11.7 Å². The van der Waals surface area contributed by atoms with Crippen molar-refractivity contribution in [3.05, 3.63) is 60.2 Å². The third-order valence-electron chi connectivity index (χ3n) is 6.00. The standard InChI is InChI=1S/C24H26N8O/c1-16-20(15-27-30-16)17-4-5-19-14-26-24(28-21(19)12-17)29-23(33)18-6-7-25-22(13-18)32-9-3-8-31(2)10-11-32/h4-7,12-15H,3,8-11H2,1-2H3,(H,27,30)(H,26,28,29,33). The van der Waals surface area contributed by atoms with E-state index in [2.05, 4.69) is 47.3 Å². The number of hydrogen-bond acceptors (Lipinski definition) is 7. The molecule has 0 unspecified atom stereocenters. The highest BCUT2D eigenvalue weighted by Crippen LogP contribution is 2.25. The molecule has 1 aliphatic heterocycles. The minimum atomic E-state index is -0.258. The third kappa shape index (κ3) is 4.54. The predicted octanol–water partition coefficient (Wildman–Crippen LogP) is 3.12. The number of fused-ring (bicyclic) bond motifs is 1. The van der Waals surface area contributed by atoms with Crippen molar-refractivity contribution in [3.8, 4) is 11.1 Å². The fraction of sp³-hybridized carbons (Fsp3) is 0.292. The number of likely N-dealkylation sites (N-methyl/N-ethyl adjacent to an activating group) is 1. The normalized spacial score (nSPS) is 14.9. The summed E-state index contributed by atoms with van der Waals surface area (Å²) in [6, 6.07) is 9.51. The number of rotatable bonds is 4. The van der Waals surface area contributed by atoms with Gasteiger partial charge in [-0.1, -0.05) is 12.1 Å². The molecule has 1 amide bonds. The molecule has 33 heavy (non-hydrogen) atoms. The van der Waals surface area contributed by atoms with Gasteiger partial charge in [-0.05, 0) is 50.7 Å². The van der Waals surface area contributed by atoms with E-state index in [1.165, 1.54) is 0 Å². The van der Waals surface area contributed by atoms with Crippen LogP contribution in [0.1, 0.15) is 22.5 Å². The van der Waals surface area contributed by atoms with Crippen molar-refractivity contribution < 1.29 is 4.79 Å².